The lowest BCUT2D eigenvalue weighted by atomic mass is 9.79. The number of aromatic carboxylic acids is 1. The molecule has 1 unspecified atom stereocenters. The minimum Gasteiger partial charge on any atom is -0.508 e. The lowest BCUT2D eigenvalue weighted by Crippen LogP contribution is -2.16. The van der Waals surface area contributed by atoms with Gasteiger partial charge in [0.1, 0.15) is 23.0 Å². The van der Waals surface area contributed by atoms with Gasteiger partial charge in [-0.05, 0) is 29.3 Å². The zero-order valence-corrected chi connectivity index (χ0v) is 14.8. The van der Waals surface area contributed by atoms with Crippen molar-refractivity contribution in [1.29, 1.82) is 0 Å². The number of carboxylic acids is 1. The van der Waals surface area contributed by atoms with E-state index in [2.05, 4.69) is 0 Å². The number of phenolic OH excluding ortho intramolecular Hbond substituents is 2. The summed E-state index contributed by atoms with van der Waals surface area (Å²) in [6, 6.07) is 14.5. The van der Waals surface area contributed by atoms with Crippen LogP contribution in [-0.4, -0.2) is 21.3 Å². The van der Waals surface area contributed by atoms with Gasteiger partial charge in [0.05, 0.1) is 5.56 Å². The summed E-state index contributed by atoms with van der Waals surface area (Å²) < 4.78 is 5.91. The van der Waals surface area contributed by atoms with Crippen molar-refractivity contribution < 1.29 is 24.9 Å². The van der Waals surface area contributed by atoms with Crippen LogP contribution < -0.4 is 4.74 Å². The van der Waals surface area contributed by atoms with Crippen LogP contribution in [0.25, 0.3) is 0 Å². The van der Waals surface area contributed by atoms with Gasteiger partial charge in [-0.1, -0.05) is 24.3 Å². The smallest absolute Gasteiger partial charge is 0.335 e. The van der Waals surface area contributed by atoms with E-state index in [1.165, 1.54) is 18.2 Å². The molecule has 0 amide bonds. The lowest BCUT2D eigenvalue weighted by molar-refractivity contribution is 0.0695. The molecule has 0 aromatic heterocycles. The van der Waals surface area contributed by atoms with Crippen molar-refractivity contribution in [2.75, 3.05) is 0 Å². The molecule has 1 heterocycles. The predicted octanol–water partition coefficient (Wildman–Crippen LogP) is 4.82. The molecular formula is C21H15ClO5. The summed E-state index contributed by atoms with van der Waals surface area (Å²) in [7, 11) is 0. The number of carbonyl (C=O) groups is 1. The molecule has 0 radical (unpaired) electrons. The van der Waals surface area contributed by atoms with E-state index in [1.807, 2.05) is 0 Å². The normalized spacial score (nSPS) is 14.8. The summed E-state index contributed by atoms with van der Waals surface area (Å²) in [6.07, 6.45) is 0. The Kier molecular flexibility index (Phi) is 4.16. The highest BCUT2D eigenvalue weighted by Crippen LogP contribution is 2.51. The molecule has 136 valence electrons. The predicted molar refractivity (Wildman–Crippen MR) is 100 cm³/mol. The fraction of sp³-hybridized carbons (Fsp3) is 0.0952. The lowest BCUT2D eigenvalue weighted by Gasteiger charge is -2.31. The number of carboxylic acid groups (broad SMARTS) is 1. The molecule has 1 aliphatic heterocycles. The average molecular weight is 383 g/mol. The van der Waals surface area contributed by atoms with Gasteiger partial charge in [0.25, 0.3) is 0 Å². The Labute approximate surface area is 160 Å². The van der Waals surface area contributed by atoms with E-state index in [1.54, 1.807) is 36.4 Å². The first-order valence-corrected chi connectivity index (χ1v) is 8.77. The van der Waals surface area contributed by atoms with Gasteiger partial charge >= 0.3 is 5.97 Å². The van der Waals surface area contributed by atoms with Gasteiger partial charge in [-0.25, -0.2) is 4.79 Å². The second-order valence-electron chi connectivity index (χ2n) is 6.30. The molecule has 1 aliphatic rings. The molecule has 0 aliphatic carbocycles. The average Bonchev–Trinajstić information content (AvgIpc) is 2.65. The van der Waals surface area contributed by atoms with Gasteiger partial charge < -0.3 is 20.1 Å². The molecule has 5 nitrogen and oxygen atoms in total. The van der Waals surface area contributed by atoms with E-state index in [4.69, 9.17) is 16.3 Å². The Morgan fingerprint density at radius 1 is 0.963 bits per heavy atom. The van der Waals surface area contributed by atoms with Crippen LogP contribution in [0.5, 0.6) is 23.0 Å². The maximum Gasteiger partial charge on any atom is 0.335 e. The third-order valence-electron chi connectivity index (χ3n) is 4.68. The summed E-state index contributed by atoms with van der Waals surface area (Å²) >= 11 is 6.12. The second-order valence-corrected chi connectivity index (χ2v) is 6.57. The van der Waals surface area contributed by atoms with Gasteiger partial charge in [0.2, 0.25) is 0 Å². The molecular weight excluding hydrogens is 368 g/mol. The highest BCUT2D eigenvalue weighted by atomic mass is 35.5. The van der Waals surface area contributed by atoms with Crippen molar-refractivity contribution >= 4 is 17.6 Å². The zero-order chi connectivity index (χ0) is 19.1. The van der Waals surface area contributed by atoms with Crippen LogP contribution in [-0.2, 0) is 5.88 Å². The zero-order valence-electron chi connectivity index (χ0n) is 14.0. The number of halogens is 1. The number of aromatic hydroxyl groups is 2. The molecule has 27 heavy (non-hydrogen) atoms. The molecule has 4 rings (SSSR count). The van der Waals surface area contributed by atoms with Crippen molar-refractivity contribution in [3.8, 4) is 23.0 Å². The molecule has 1 atom stereocenters. The monoisotopic (exact) mass is 382 g/mol. The second kappa shape index (κ2) is 6.52. The highest BCUT2D eigenvalue weighted by molar-refractivity contribution is 6.17. The first-order chi connectivity index (χ1) is 13.0. The van der Waals surface area contributed by atoms with E-state index in [0.717, 1.165) is 0 Å². The molecule has 0 spiro atoms. The van der Waals surface area contributed by atoms with Gasteiger partial charge in [-0.15, -0.1) is 11.6 Å². The van der Waals surface area contributed by atoms with Crippen LogP contribution in [0.3, 0.4) is 0 Å². The largest absolute Gasteiger partial charge is 0.508 e. The summed E-state index contributed by atoms with van der Waals surface area (Å²) in [5, 5.41) is 29.5. The number of benzene rings is 3. The molecule has 3 aromatic carbocycles. The summed E-state index contributed by atoms with van der Waals surface area (Å²) in [5.41, 5.74) is 2.82. The highest BCUT2D eigenvalue weighted by Gasteiger charge is 2.33. The number of alkyl halides is 1. The number of hydrogen-bond donors (Lipinski definition) is 3. The van der Waals surface area contributed by atoms with Crippen LogP contribution in [0.4, 0.5) is 0 Å². The van der Waals surface area contributed by atoms with E-state index in [0.29, 0.717) is 33.8 Å². The van der Waals surface area contributed by atoms with Gasteiger partial charge in [-0.3, -0.25) is 0 Å². The van der Waals surface area contributed by atoms with Crippen LogP contribution >= 0.6 is 11.6 Å². The van der Waals surface area contributed by atoms with Crippen molar-refractivity contribution in [3.63, 3.8) is 0 Å². The number of phenols is 2. The summed E-state index contributed by atoms with van der Waals surface area (Å²) in [6.45, 7) is 0. The van der Waals surface area contributed by atoms with Crippen molar-refractivity contribution in [2.45, 2.75) is 11.8 Å². The van der Waals surface area contributed by atoms with E-state index in [9.17, 15) is 20.1 Å². The van der Waals surface area contributed by atoms with Crippen LogP contribution in [0.1, 0.15) is 38.5 Å². The Morgan fingerprint density at radius 3 is 2.44 bits per heavy atom. The van der Waals surface area contributed by atoms with Crippen molar-refractivity contribution in [1.82, 2.24) is 0 Å². The Morgan fingerprint density at radius 2 is 1.70 bits per heavy atom. The van der Waals surface area contributed by atoms with E-state index in [-0.39, 0.29) is 22.9 Å². The summed E-state index contributed by atoms with van der Waals surface area (Å²) in [5.74, 6) is -0.568. The van der Waals surface area contributed by atoms with Crippen LogP contribution in [0, 0.1) is 0 Å². The van der Waals surface area contributed by atoms with Gasteiger partial charge in [-0.2, -0.15) is 0 Å². The molecule has 0 saturated heterocycles. The molecule has 3 N–H and O–H groups in total. The summed E-state index contributed by atoms with van der Waals surface area (Å²) in [4.78, 5) is 11.8. The SMILES string of the molecule is O=C(O)c1ccccc1C1c2ccc(O)cc2Oc2cc(O)cc(CCl)c21. The first-order valence-electron chi connectivity index (χ1n) is 8.24. The standard InChI is InChI=1S/C21H15ClO5/c22-10-11-7-13(24)9-18-19(11)20(14-3-1-2-4-15(14)21(25)26)16-6-5-12(23)8-17(16)27-18/h1-9,20,23-24H,10H2,(H,25,26). The topological polar surface area (TPSA) is 87.0 Å². The minimum atomic E-state index is -1.04. The Hall–Kier alpha value is -3.18. The van der Waals surface area contributed by atoms with Crippen LogP contribution in [0.2, 0.25) is 0 Å². The molecule has 6 heteroatoms. The number of hydrogen-bond acceptors (Lipinski definition) is 4. The Bertz CT molecular complexity index is 1060. The third kappa shape index (κ3) is 2.86. The fourth-order valence-corrected chi connectivity index (χ4v) is 3.80. The number of fused-ring (bicyclic) bond motifs is 2. The van der Waals surface area contributed by atoms with Crippen molar-refractivity contribution in [3.05, 3.63) is 82.4 Å². The van der Waals surface area contributed by atoms with Gasteiger partial charge in [0.15, 0.2) is 0 Å². The third-order valence-corrected chi connectivity index (χ3v) is 4.96. The minimum absolute atomic E-state index is 0.00160. The Balaban J connectivity index is 2.06. The maximum atomic E-state index is 11.8. The molecule has 0 bridgehead atoms. The van der Waals surface area contributed by atoms with Gasteiger partial charge in [0, 0.05) is 35.1 Å². The maximum absolute atomic E-state index is 11.8. The number of rotatable bonds is 3. The fourth-order valence-electron chi connectivity index (χ4n) is 3.58. The first kappa shape index (κ1) is 17.2. The molecule has 0 fully saturated rings. The van der Waals surface area contributed by atoms with Crippen molar-refractivity contribution in [2.24, 2.45) is 0 Å². The van der Waals surface area contributed by atoms with E-state index >= 15 is 0 Å². The van der Waals surface area contributed by atoms with Crippen LogP contribution in [0.15, 0.2) is 54.6 Å². The quantitative estimate of drug-likeness (QED) is 0.442. The molecule has 3 aromatic rings. The van der Waals surface area contributed by atoms with E-state index < -0.39 is 11.9 Å². The number of ether oxygens (including phenoxy) is 1. The molecule has 0 saturated carbocycles.